The van der Waals surface area contributed by atoms with E-state index in [4.69, 9.17) is 4.74 Å². The average molecular weight is 262 g/mol. The van der Waals surface area contributed by atoms with E-state index in [0.717, 1.165) is 0 Å². The van der Waals surface area contributed by atoms with E-state index in [1.54, 1.807) is 29.3 Å². The number of carbonyl (C=O) groups excluding carboxylic acids is 2. The molecule has 1 aliphatic heterocycles. The zero-order valence-corrected chi connectivity index (χ0v) is 11.2. The third kappa shape index (κ3) is 2.92. The molecule has 1 saturated heterocycles. The van der Waals surface area contributed by atoms with E-state index >= 15 is 0 Å². The van der Waals surface area contributed by atoms with Gasteiger partial charge in [0.2, 0.25) is 0 Å². The number of carbonyl (C=O) groups is 2. The van der Waals surface area contributed by atoms with Crippen molar-refractivity contribution in [3.05, 3.63) is 30.1 Å². The maximum Gasteiger partial charge on any atom is 0.309 e. The first kappa shape index (κ1) is 13.5. The third-order valence-corrected chi connectivity index (χ3v) is 3.58. The normalized spacial score (nSPS) is 22.9. The van der Waals surface area contributed by atoms with Gasteiger partial charge in [-0.15, -0.1) is 0 Å². The molecular formula is C14H18N2O3. The van der Waals surface area contributed by atoms with Crippen molar-refractivity contribution in [3.63, 3.8) is 0 Å². The predicted octanol–water partition coefficient (Wildman–Crippen LogP) is 1.35. The average Bonchev–Trinajstić information content (AvgIpc) is 2.46. The van der Waals surface area contributed by atoms with Crippen LogP contribution in [0.4, 0.5) is 0 Å². The lowest BCUT2D eigenvalue weighted by Crippen LogP contribution is -2.45. The molecule has 0 spiro atoms. The van der Waals surface area contributed by atoms with Crippen molar-refractivity contribution in [2.24, 2.45) is 11.8 Å². The lowest BCUT2D eigenvalue weighted by atomic mass is 9.87. The van der Waals surface area contributed by atoms with Crippen molar-refractivity contribution in [3.8, 4) is 0 Å². The van der Waals surface area contributed by atoms with Crippen LogP contribution in [0.5, 0.6) is 0 Å². The minimum absolute atomic E-state index is 0.0734. The summed E-state index contributed by atoms with van der Waals surface area (Å²) < 4.78 is 4.79. The molecule has 102 valence electrons. The molecule has 1 aromatic heterocycles. The maximum atomic E-state index is 12.2. The van der Waals surface area contributed by atoms with Crippen molar-refractivity contribution in [1.29, 1.82) is 0 Å². The molecule has 1 aliphatic rings. The largest absolute Gasteiger partial charge is 0.469 e. The molecule has 5 nitrogen and oxygen atoms in total. The highest BCUT2D eigenvalue weighted by Crippen LogP contribution is 2.25. The Labute approximate surface area is 112 Å². The molecule has 0 aliphatic carbocycles. The Hall–Kier alpha value is -1.91. The van der Waals surface area contributed by atoms with Crippen LogP contribution < -0.4 is 0 Å². The van der Waals surface area contributed by atoms with Crippen molar-refractivity contribution in [2.45, 2.75) is 13.3 Å². The molecule has 19 heavy (non-hydrogen) atoms. The van der Waals surface area contributed by atoms with E-state index in [0.29, 0.717) is 25.2 Å². The van der Waals surface area contributed by atoms with Gasteiger partial charge >= 0.3 is 5.97 Å². The highest BCUT2D eigenvalue weighted by Gasteiger charge is 2.34. The Bertz CT molecular complexity index is 461. The zero-order valence-electron chi connectivity index (χ0n) is 11.2. The van der Waals surface area contributed by atoms with E-state index in [1.807, 2.05) is 6.92 Å². The second kappa shape index (κ2) is 5.82. The number of methoxy groups -OCH3 is 1. The van der Waals surface area contributed by atoms with Gasteiger partial charge < -0.3 is 9.64 Å². The van der Waals surface area contributed by atoms with Crippen LogP contribution in [0.15, 0.2) is 24.4 Å². The van der Waals surface area contributed by atoms with Gasteiger partial charge in [-0.25, -0.2) is 0 Å². The monoisotopic (exact) mass is 262 g/mol. The van der Waals surface area contributed by atoms with Crippen molar-refractivity contribution in [2.75, 3.05) is 20.2 Å². The Morgan fingerprint density at radius 2 is 2.21 bits per heavy atom. The highest BCUT2D eigenvalue weighted by molar-refractivity contribution is 5.92. The minimum Gasteiger partial charge on any atom is -0.469 e. The number of ether oxygens (including phenoxy) is 1. The lowest BCUT2D eigenvalue weighted by Gasteiger charge is -2.35. The van der Waals surface area contributed by atoms with Gasteiger partial charge in [0, 0.05) is 19.3 Å². The number of piperidine rings is 1. The number of pyridine rings is 1. The number of rotatable bonds is 2. The van der Waals surface area contributed by atoms with Crippen LogP contribution in [-0.4, -0.2) is 42.0 Å². The first-order chi connectivity index (χ1) is 9.13. The first-order valence-corrected chi connectivity index (χ1v) is 6.41. The fourth-order valence-electron chi connectivity index (χ4n) is 2.48. The fourth-order valence-corrected chi connectivity index (χ4v) is 2.48. The summed E-state index contributed by atoms with van der Waals surface area (Å²) >= 11 is 0. The smallest absolute Gasteiger partial charge is 0.309 e. The standard InChI is InChI=1S/C14H18N2O3/c1-10-9-16(8-6-11(10)14(18)19-2)13(17)12-5-3-4-7-15-12/h3-5,7,10-11H,6,8-9H2,1-2H3. The van der Waals surface area contributed by atoms with Crippen LogP contribution in [-0.2, 0) is 9.53 Å². The molecule has 0 aromatic carbocycles. The van der Waals surface area contributed by atoms with Gasteiger partial charge in [-0.3, -0.25) is 14.6 Å². The Kier molecular flexibility index (Phi) is 4.14. The summed E-state index contributed by atoms with van der Waals surface area (Å²) in [5.74, 6) is -0.264. The van der Waals surface area contributed by atoms with Gasteiger partial charge in [0.1, 0.15) is 5.69 Å². The highest BCUT2D eigenvalue weighted by atomic mass is 16.5. The van der Waals surface area contributed by atoms with E-state index in [2.05, 4.69) is 4.98 Å². The van der Waals surface area contributed by atoms with Gasteiger partial charge in [-0.05, 0) is 24.5 Å². The second-order valence-corrected chi connectivity index (χ2v) is 4.86. The van der Waals surface area contributed by atoms with Gasteiger partial charge in [0.25, 0.3) is 5.91 Å². The zero-order chi connectivity index (χ0) is 13.8. The summed E-state index contributed by atoms with van der Waals surface area (Å²) in [6.07, 6.45) is 2.25. The van der Waals surface area contributed by atoms with Crippen molar-refractivity contribution < 1.29 is 14.3 Å². The first-order valence-electron chi connectivity index (χ1n) is 6.41. The Balaban J connectivity index is 2.02. The molecule has 0 N–H and O–H groups in total. The van der Waals surface area contributed by atoms with E-state index in [9.17, 15) is 9.59 Å². The minimum atomic E-state index is -0.183. The maximum absolute atomic E-state index is 12.2. The molecule has 1 amide bonds. The molecule has 0 radical (unpaired) electrons. The number of hydrogen-bond acceptors (Lipinski definition) is 4. The Morgan fingerprint density at radius 3 is 2.79 bits per heavy atom. The van der Waals surface area contributed by atoms with Crippen LogP contribution in [0.3, 0.4) is 0 Å². The molecule has 1 aromatic rings. The van der Waals surface area contributed by atoms with E-state index in [-0.39, 0.29) is 23.7 Å². The van der Waals surface area contributed by atoms with Gasteiger partial charge in [-0.1, -0.05) is 13.0 Å². The summed E-state index contributed by atoms with van der Waals surface area (Å²) in [7, 11) is 1.40. The number of esters is 1. The van der Waals surface area contributed by atoms with E-state index < -0.39 is 0 Å². The number of likely N-dealkylation sites (tertiary alicyclic amines) is 1. The summed E-state index contributed by atoms with van der Waals surface area (Å²) in [4.78, 5) is 29.6. The molecule has 2 atom stereocenters. The van der Waals surface area contributed by atoms with Crippen molar-refractivity contribution >= 4 is 11.9 Å². The molecule has 0 saturated carbocycles. The number of nitrogens with zero attached hydrogens (tertiary/aromatic N) is 2. The van der Waals surface area contributed by atoms with Gasteiger partial charge in [-0.2, -0.15) is 0 Å². The third-order valence-electron chi connectivity index (χ3n) is 3.58. The molecule has 2 rings (SSSR count). The van der Waals surface area contributed by atoms with Crippen LogP contribution in [0, 0.1) is 11.8 Å². The number of amides is 1. The quantitative estimate of drug-likeness (QED) is 0.755. The predicted molar refractivity (Wildman–Crippen MR) is 69.4 cm³/mol. The number of hydrogen-bond donors (Lipinski definition) is 0. The topological polar surface area (TPSA) is 59.5 Å². The van der Waals surface area contributed by atoms with Crippen LogP contribution in [0.25, 0.3) is 0 Å². The Morgan fingerprint density at radius 1 is 1.42 bits per heavy atom. The second-order valence-electron chi connectivity index (χ2n) is 4.86. The summed E-state index contributed by atoms with van der Waals surface area (Å²) in [5.41, 5.74) is 0.450. The SMILES string of the molecule is COC(=O)C1CCN(C(=O)c2ccccn2)CC1C. The van der Waals surface area contributed by atoms with Crippen LogP contribution in [0.1, 0.15) is 23.8 Å². The summed E-state index contributed by atoms with van der Waals surface area (Å²) in [6, 6.07) is 5.28. The summed E-state index contributed by atoms with van der Waals surface area (Å²) in [5, 5.41) is 0. The fraction of sp³-hybridized carbons (Fsp3) is 0.500. The molecular weight excluding hydrogens is 244 g/mol. The summed E-state index contributed by atoms with van der Waals surface area (Å²) in [6.45, 7) is 3.11. The van der Waals surface area contributed by atoms with Gasteiger partial charge in [0.15, 0.2) is 0 Å². The number of aromatic nitrogens is 1. The molecule has 2 heterocycles. The van der Waals surface area contributed by atoms with E-state index in [1.165, 1.54) is 7.11 Å². The van der Waals surface area contributed by atoms with Crippen LogP contribution in [0.2, 0.25) is 0 Å². The molecule has 0 bridgehead atoms. The molecule has 2 unspecified atom stereocenters. The lowest BCUT2D eigenvalue weighted by molar-refractivity contribution is -0.148. The van der Waals surface area contributed by atoms with Crippen LogP contribution >= 0.6 is 0 Å². The molecule has 1 fully saturated rings. The molecule has 5 heteroatoms. The van der Waals surface area contributed by atoms with Gasteiger partial charge in [0.05, 0.1) is 13.0 Å². The van der Waals surface area contributed by atoms with Crippen molar-refractivity contribution in [1.82, 2.24) is 9.88 Å².